The van der Waals surface area contributed by atoms with Crippen molar-refractivity contribution in [2.45, 2.75) is 32.8 Å². The first-order chi connectivity index (χ1) is 7.15. The molecule has 4 heteroatoms. The van der Waals surface area contributed by atoms with Crippen molar-refractivity contribution >= 4 is 11.9 Å². The Labute approximate surface area is 89.2 Å². The zero-order valence-electron chi connectivity index (χ0n) is 9.06. The van der Waals surface area contributed by atoms with Gasteiger partial charge in [-0.05, 0) is 13.3 Å². The fourth-order valence-corrected chi connectivity index (χ4v) is 1.63. The molecular weight excluding hydrogens is 196 g/mol. The van der Waals surface area contributed by atoms with Gasteiger partial charge >= 0.3 is 11.9 Å². The first-order valence-electron chi connectivity index (χ1n) is 5.14. The standard InChI is InChI=1S/C11H16O4/c1-3-14-11(13)9-6-4-5-7-10(9)15-8(2)12/h4-5,9-10H,3,6-7H2,1-2H3. The van der Waals surface area contributed by atoms with Gasteiger partial charge in [-0.2, -0.15) is 0 Å². The molecule has 2 atom stereocenters. The summed E-state index contributed by atoms with van der Waals surface area (Å²) in [6.45, 7) is 3.46. The molecule has 0 amide bonds. The molecule has 0 aromatic rings. The molecular formula is C11H16O4. The van der Waals surface area contributed by atoms with Crippen LogP contribution in [0.5, 0.6) is 0 Å². The molecule has 4 nitrogen and oxygen atoms in total. The van der Waals surface area contributed by atoms with E-state index in [0.717, 1.165) is 0 Å². The third kappa shape index (κ3) is 3.38. The van der Waals surface area contributed by atoms with Crippen LogP contribution >= 0.6 is 0 Å². The van der Waals surface area contributed by atoms with Crippen LogP contribution < -0.4 is 0 Å². The lowest BCUT2D eigenvalue weighted by atomic mass is 9.91. The van der Waals surface area contributed by atoms with Crippen molar-refractivity contribution in [2.24, 2.45) is 5.92 Å². The Balaban J connectivity index is 2.62. The molecule has 15 heavy (non-hydrogen) atoms. The topological polar surface area (TPSA) is 52.6 Å². The monoisotopic (exact) mass is 212 g/mol. The summed E-state index contributed by atoms with van der Waals surface area (Å²) >= 11 is 0. The summed E-state index contributed by atoms with van der Waals surface area (Å²) in [5.41, 5.74) is 0. The van der Waals surface area contributed by atoms with E-state index in [4.69, 9.17) is 9.47 Å². The van der Waals surface area contributed by atoms with Gasteiger partial charge < -0.3 is 9.47 Å². The van der Waals surface area contributed by atoms with Gasteiger partial charge in [0.2, 0.25) is 0 Å². The van der Waals surface area contributed by atoms with Crippen molar-refractivity contribution in [1.29, 1.82) is 0 Å². The van der Waals surface area contributed by atoms with Crippen LogP contribution in [0.1, 0.15) is 26.7 Å². The number of carbonyl (C=O) groups is 2. The van der Waals surface area contributed by atoms with Gasteiger partial charge in [-0.15, -0.1) is 0 Å². The Hall–Kier alpha value is -1.32. The summed E-state index contributed by atoms with van der Waals surface area (Å²) in [6.07, 6.45) is 4.64. The predicted molar refractivity (Wildman–Crippen MR) is 54.1 cm³/mol. The summed E-state index contributed by atoms with van der Waals surface area (Å²) in [6, 6.07) is 0. The normalized spacial score (nSPS) is 24.7. The number of hydrogen-bond acceptors (Lipinski definition) is 4. The van der Waals surface area contributed by atoms with Crippen molar-refractivity contribution in [3.8, 4) is 0 Å². The highest BCUT2D eigenvalue weighted by Gasteiger charge is 2.32. The van der Waals surface area contributed by atoms with Gasteiger partial charge in [-0.3, -0.25) is 9.59 Å². The third-order valence-corrected chi connectivity index (χ3v) is 2.28. The van der Waals surface area contributed by atoms with Crippen LogP contribution in [0.3, 0.4) is 0 Å². The summed E-state index contributed by atoms with van der Waals surface area (Å²) in [5.74, 6) is -0.989. The minimum absolute atomic E-state index is 0.284. The molecule has 1 aliphatic carbocycles. The van der Waals surface area contributed by atoms with Crippen LogP contribution in [-0.2, 0) is 19.1 Å². The maximum absolute atomic E-state index is 11.5. The zero-order valence-corrected chi connectivity index (χ0v) is 9.06. The van der Waals surface area contributed by atoms with Gasteiger partial charge in [0.25, 0.3) is 0 Å². The Bertz CT molecular complexity index is 270. The first kappa shape index (κ1) is 11.8. The minimum atomic E-state index is -0.369. The van der Waals surface area contributed by atoms with Gasteiger partial charge in [0.1, 0.15) is 6.10 Å². The molecule has 84 valence electrons. The fraction of sp³-hybridized carbons (Fsp3) is 0.636. The third-order valence-electron chi connectivity index (χ3n) is 2.28. The van der Waals surface area contributed by atoms with E-state index in [0.29, 0.717) is 19.4 Å². The maximum Gasteiger partial charge on any atom is 0.313 e. The quantitative estimate of drug-likeness (QED) is 0.525. The van der Waals surface area contributed by atoms with Gasteiger partial charge in [0.15, 0.2) is 0 Å². The molecule has 0 saturated heterocycles. The number of rotatable bonds is 3. The van der Waals surface area contributed by atoms with Gasteiger partial charge in [0.05, 0.1) is 12.5 Å². The lowest BCUT2D eigenvalue weighted by Crippen LogP contribution is -2.34. The highest BCUT2D eigenvalue weighted by atomic mass is 16.6. The van der Waals surface area contributed by atoms with Gasteiger partial charge in [-0.1, -0.05) is 12.2 Å². The number of hydrogen-bond donors (Lipinski definition) is 0. The Morgan fingerprint density at radius 3 is 2.60 bits per heavy atom. The van der Waals surface area contributed by atoms with Crippen LogP contribution in [0.4, 0.5) is 0 Å². The highest BCUT2D eigenvalue weighted by molar-refractivity contribution is 5.74. The minimum Gasteiger partial charge on any atom is -0.466 e. The molecule has 0 aromatic carbocycles. The summed E-state index contributed by atoms with van der Waals surface area (Å²) in [4.78, 5) is 22.4. The molecule has 0 bridgehead atoms. The lowest BCUT2D eigenvalue weighted by molar-refractivity contribution is -0.160. The van der Waals surface area contributed by atoms with Crippen molar-refractivity contribution in [2.75, 3.05) is 6.61 Å². The summed E-state index contributed by atoms with van der Waals surface area (Å²) in [5, 5.41) is 0. The van der Waals surface area contributed by atoms with Crippen molar-refractivity contribution in [1.82, 2.24) is 0 Å². The van der Waals surface area contributed by atoms with E-state index in [1.54, 1.807) is 6.92 Å². The van der Waals surface area contributed by atoms with Crippen molar-refractivity contribution < 1.29 is 19.1 Å². The molecule has 0 spiro atoms. The fourth-order valence-electron chi connectivity index (χ4n) is 1.63. The van der Waals surface area contributed by atoms with E-state index in [9.17, 15) is 9.59 Å². The van der Waals surface area contributed by atoms with Crippen LogP contribution in [-0.4, -0.2) is 24.6 Å². The molecule has 1 aliphatic rings. The number of ether oxygens (including phenoxy) is 2. The largest absolute Gasteiger partial charge is 0.466 e. The summed E-state index contributed by atoms with van der Waals surface area (Å²) in [7, 11) is 0. The van der Waals surface area contributed by atoms with Gasteiger partial charge in [0, 0.05) is 13.3 Å². The molecule has 0 aliphatic heterocycles. The van der Waals surface area contributed by atoms with Crippen molar-refractivity contribution in [3.63, 3.8) is 0 Å². The molecule has 0 radical (unpaired) electrons. The molecule has 0 saturated carbocycles. The Morgan fingerprint density at radius 2 is 2.00 bits per heavy atom. The molecule has 1 rings (SSSR count). The van der Waals surface area contributed by atoms with Crippen LogP contribution in [0, 0.1) is 5.92 Å². The summed E-state index contributed by atoms with van der Waals surface area (Å²) < 4.78 is 10.0. The molecule has 2 unspecified atom stereocenters. The van der Waals surface area contributed by atoms with E-state index in [1.807, 2.05) is 12.2 Å². The van der Waals surface area contributed by atoms with E-state index < -0.39 is 0 Å². The van der Waals surface area contributed by atoms with E-state index in [2.05, 4.69) is 0 Å². The highest BCUT2D eigenvalue weighted by Crippen LogP contribution is 2.23. The van der Waals surface area contributed by atoms with E-state index in [1.165, 1.54) is 6.92 Å². The SMILES string of the molecule is CCOC(=O)C1CC=CCC1OC(C)=O. The van der Waals surface area contributed by atoms with E-state index in [-0.39, 0.29) is 24.0 Å². The number of allylic oxidation sites excluding steroid dienone is 1. The van der Waals surface area contributed by atoms with Crippen molar-refractivity contribution in [3.05, 3.63) is 12.2 Å². The second-order valence-corrected chi connectivity index (χ2v) is 3.45. The number of carbonyl (C=O) groups excluding carboxylic acids is 2. The molecule has 0 N–H and O–H groups in total. The van der Waals surface area contributed by atoms with E-state index >= 15 is 0 Å². The molecule has 0 heterocycles. The van der Waals surface area contributed by atoms with Crippen LogP contribution in [0.25, 0.3) is 0 Å². The Kier molecular flexibility index (Phi) is 4.34. The molecule has 0 aromatic heterocycles. The van der Waals surface area contributed by atoms with Crippen LogP contribution in [0.15, 0.2) is 12.2 Å². The number of esters is 2. The Morgan fingerprint density at radius 1 is 1.33 bits per heavy atom. The predicted octanol–water partition coefficient (Wildman–Crippen LogP) is 1.45. The zero-order chi connectivity index (χ0) is 11.3. The molecule has 0 fully saturated rings. The average molecular weight is 212 g/mol. The first-order valence-corrected chi connectivity index (χ1v) is 5.14. The average Bonchev–Trinajstić information content (AvgIpc) is 2.18. The van der Waals surface area contributed by atoms with Gasteiger partial charge in [-0.25, -0.2) is 0 Å². The second-order valence-electron chi connectivity index (χ2n) is 3.45. The lowest BCUT2D eigenvalue weighted by Gasteiger charge is -2.25. The van der Waals surface area contributed by atoms with Crippen LogP contribution in [0.2, 0.25) is 0 Å². The second kappa shape index (κ2) is 5.53. The maximum atomic E-state index is 11.5. The smallest absolute Gasteiger partial charge is 0.313 e.